The van der Waals surface area contributed by atoms with Crippen molar-refractivity contribution in [1.82, 2.24) is 0 Å². The zero-order valence-electron chi connectivity index (χ0n) is 10.3. The summed E-state index contributed by atoms with van der Waals surface area (Å²) in [6.07, 6.45) is 4.37. The van der Waals surface area contributed by atoms with Crippen LogP contribution in [-0.4, -0.2) is 12.6 Å². The maximum Gasteiger partial charge on any atom is 0.141 e. The Bertz CT molecular complexity index is 376. The molecule has 1 unspecified atom stereocenters. The number of halogens is 1. The minimum absolute atomic E-state index is 0.178. The Balaban J connectivity index is 2.08. The Hall–Kier alpha value is -0.730. The number of para-hydroxylation sites is 1. The highest BCUT2D eigenvalue weighted by molar-refractivity contribution is 6.32. The van der Waals surface area contributed by atoms with Crippen LogP contribution in [0.3, 0.4) is 0 Å². The van der Waals surface area contributed by atoms with E-state index >= 15 is 0 Å². The summed E-state index contributed by atoms with van der Waals surface area (Å²) in [4.78, 5) is 0. The molecule has 1 aliphatic rings. The Kier molecular flexibility index (Phi) is 4.30. The quantitative estimate of drug-likeness (QED) is 0.843. The summed E-state index contributed by atoms with van der Waals surface area (Å²) in [6, 6.07) is 6.08. The van der Waals surface area contributed by atoms with Gasteiger partial charge in [0.15, 0.2) is 0 Å². The first kappa shape index (κ1) is 12.7. The van der Waals surface area contributed by atoms with E-state index in [1.54, 1.807) is 0 Å². The monoisotopic (exact) mass is 253 g/mol. The molecule has 0 aliphatic heterocycles. The molecular weight excluding hydrogens is 234 g/mol. The van der Waals surface area contributed by atoms with Gasteiger partial charge in [-0.2, -0.15) is 0 Å². The summed E-state index contributed by atoms with van der Waals surface area (Å²) in [5.74, 6) is 1.57. The van der Waals surface area contributed by atoms with Gasteiger partial charge in [-0.3, -0.25) is 0 Å². The Morgan fingerprint density at radius 2 is 2.24 bits per heavy atom. The van der Waals surface area contributed by atoms with Gasteiger partial charge >= 0.3 is 0 Å². The molecule has 0 spiro atoms. The number of hydrogen-bond donors (Lipinski definition) is 1. The fourth-order valence-corrected chi connectivity index (χ4v) is 2.04. The van der Waals surface area contributed by atoms with E-state index in [2.05, 4.69) is 13.0 Å². The van der Waals surface area contributed by atoms with Crippen molar-refractivity contribution in [3.05, 3.63) is 28.8 Å². The first-order valence-electron chi connectivity index (χ1n) is 6.36. The van der Waals surface area contributed by atoms with Crippen LogP contribution in [0.2, 0.25) is 5.02 Å². The maximum absolute atomic E-state index is 6.19. The molecule has 0 saturated heterocycles. The second-order valence-corrected chi connectivity index (χ2v) is 5.26. The van der Waals surface area contributed by atoms with E-state index in [4.69, 9.17) is 22.1 Å². The minimum Gasteiger partial charge on any atom is -0.491 e. The highest BCUT2D eigenvalue weighted by Crippen LogP contribution is 2.34. The molecule has 1 aliphatic carbocycles. The zero-order chi connectivity index (χ0) is 12.3. The lowest BCUT2D eigenvalue weighted by molar-refractivity contribution is 0.296. The topological polar surface area (TPSA) is 35.2 Å². The van der Waals surface area contributed by atoms with Crippen LogP contribution in [-0.2, 0) is 6.42 Å². The van der Waals surface area contributed by atoms with Crippen LogP contribution in [0, 0.1) is 5.92 Å². The van der Waals surface area contributed by atoms with Gasteiger partial charge in [-0.25, -0.2) is 0 Å². The molecule has 1 fully saturated rings. The average molecular weight is 254 g/mol. The van der Waals surface area contributed by atoms with E-state index in [1.807, 2.05) is 12.1 Å². The van der Waals surface area contributed by atoms with Crippen LogP contribution in [0.4, 0.5) is 0 Å². The lowest BCUT2D eigenvalue weighted by Crippen LogP contribution is -2.21. The molecule has 3 heteroatoms. The second kappa shape index (κ2) is 5.74. The molecule has 0 radical (unpaired) electrons. The molecule has 2 rings (SSSR count). The number of benzene rings is 1. The van der Waals surface area contributed by atoms with E-state index in [-0.39, 0.29) is 6.04 Å². The fraction of sp³-hybridized carbons (Fsp3) is 0.571. The molecule has 1 atom stereocenters. The molecule has 0 heterocycles. The summed E-state index contributed by atoms with van der Waals surface area (Å²) in [5, 5.41) is 0.700. The van der Waals surface area contributed by atoms with Gasteiger partial charge in [0.1, 0.15) is 5.75 Å². The van der Waals surface area contributed by atoms with Crippen molar-refractivity contribution in [1.29, 1.82) is 0 Å². The number of nitrogens with two attached hydrogens (primary N) is 1. The standard InChI is InChI=1S/C14H20ClNO/c1-2-12(16)8-11-4-3-5-13(15)14(11)17-9-10-6-7-10/h3-5,10,12H,2,6-9,16H2,1H3. The van der Waals surface area contributed by atoms with Crippen LogP contribution in [0.15, 0.2) is 18.2 Å². The summed E-state index contributed by atoms with van der Waals surface area (Å²) in [7, 11) is 0. The van der Waals surface area contributed by atoms with Crippen molar-refractivity contribution in [2.75, 3.05) is 6.61 Å². The van der Waals surface area contributed by atoms with E-state index in [0.717, 1.165) is 36.7 Å². The van der Waals surface area contributed by atoms with Crippen LogP contribution in [0.5, 0.6) is 5.75 Å². The Morgan fingerprint density at radius 3 is 2.88 bits per heavy atom. The van der Waals surface area contributed by atoms with Crippen molar-refractivity contribution < 1.29 is 4.74 Å². The third-order valence-electron chi connectivity index (χ3n) is 3.22. The van der Waals surface area contributed by atoms with E-state index < -0.39 is 0 Å². The molecule has 2 N–H and O–H groups in total. The largest absolute Gasteiger partial charge is 0.491 e. The van der Waals surface area contributed by atoms with Gasteiger partial charge in [0.25, 0.3) is 0 Å². The molecule has 2 nitrogen and oxygen atoms in total. The van der Waals surface area contributed by atoms with Gasteiger partial charge < -0.3 is 10.5 Å². The van der Waals surface area contributed by atoms with Crippen LogP contribution in [0.25, 0.3) is 0 Å². The van der Waals surface area contributed by atoms with Gasteiger partial charge in [-0.1, -0.05) is 30.7 Å². The molecule has 17 heavy (non-hydrogen) atoms. The van der Waals surface area contributed by atoms with Gasteiger partial charge in [-0.15, -0.1) is 0 Å². The van der Waals surface area contributed by atoms with Crippen molar-refractivity contribution >= 4 is 11.6 Å². The third kappa shape index (κ3) is 3.62. The summed E-state index contributed by atoms with van der Waals surface area (Å²) in [6.45, 7) is 2.89. The molecular formula is C14H20ClNO. The van der Waals surface area contributed by atoms with Crippen molar-refractivity contribution in [2.45, 2.75) is 38.6 Å². The van der Waals surface area contributed by atoms with Crippen LogP contribution >= 0.6 is 11.6 Å². The van der Waals surface area contributed by atoms with Crippen LogP contribution in [0.1, 0.15) is 31.7 Å². The fourth-order valence-electron chi connectivity index (χ4n) is 1.79. The molecule has 0 amide bonds. The lowest BCUT2D eigenvalue weighted by Gasteiger charge is -2.15. The normalized spacial score (nSPS) is 16.9. The smallest absolute Gasteiger partial charge is 0.141 e. The zero-order valence-corrected chi connectivity index (χ0v) is 11.0. The number of rotatable bonds is 6. The summed E-state index contributed by atoms with van der Waals surface area (Å²) >= 11 is 6.19. The van der Waals surface area contributed by atoms with E-state index in [9.17, 15) is 0 Å². The molecule has 1 saturated carbocycles. The van der Waals surface area contributed by atoms with E-state index in [0.29, 0.717) is 5.02 Å². The van der Waals surface area contributed by atoms with Gasteiger partial charge in [0, 0.05) is 6.04 Å². The van der Waals surface area contributed by atoms with Gasteiger partial charge in [-0.05, 0) is 43.2 Å². The van der Waals surface area contributed by atoms with E-state index in [1.165, 1.54) is 12.8 Å². The molecule has 0 bridgehead atoms. The number of ether oxygens (including phenoxy) is 1. The predicted molar refractivity (Wildman–Crippen MR) is 71.6 cm³/mol. The highest BCUT2D eigenvalue weighted by atomic mass is 35.5. The van der Waals surface area contributed by atoms with Gasteiger partial charge in [0.05, 0.1) is 11.6 Å². The summed E-state index contributed by atoms with van der Waals surface area (Å²) in [5.41, 5.74) is 7.13. The SMILES string of the molecule is CCC(N)Cc1cccc(Cl)c1OCC1CC1. The molecule has 1 aromatic rings. The van der Waals surface area contributed by atoms with Gasteiger partial charge in [0.2, 0.25) is 0 Å². The predicted octanol–water partition coefficient (Wildman–Crippen LogP) is 3.41. The second-order valence-electron chi connectivity index (χ2n) is 4.85. The highest BCUT2D eigenvalue weighted by Gasteiger charge is 2.23. The molecule has 1 aromatic carbocycles. The Labute approximate surface area is 108 Å². The van der Waals surface area contributed by atoms with Crippen molar-refractivity contribution in [3.8, 4) is 5.75 Å². The molecule has 94 valence electrons. The Morgan fingerprint density at radius 1 is 1.47 bits per heavy atom. The lowest BCUT2D eigenvalue weighted by atomic mass is 10.0. The first-order valence-corrected chi connectivity index (χ1v) is 6.74. The van der Waals surface area contributed by atoms with Crippen molar-refractivity contribution in [3.63, 3.8) is 0 Å². The maximum atomic E-state index is 6.19. The van der Waals surface area contributed by atoms with Crippen LogP contribution < -0.4 is 10.5 Å². The molecule has 0 aromatic heterocycles. The minimum atomic E-state index is 0.178. The number of hydrogen-bond acceptors (Lipinski definition) is 2. The first-order chi connectivity index (χ1) is 8.20. The summed E-state index contributed by atoms with van der Waals surface area (Å²) < 4.78 is 5.85. The average Bonchev–Trinajstić information content (AvgIpc) is 3.12. The van der Waals surface area contributed by atoms with Crippen molar-refractivity contribution in [2.24, 2.45) is 11.7 Å². The third-order valence-corrected chi connectivity index (χ3v) is 3.51.